The van der Waals surface area contributed by atoms with Crippen molar-refractivity contribution in [2.24, 2.45) is 0 Å². The molecule has 5 aromatic carbocycles. The number of hydrogen-bond donors (Lipinski definition) is 1. The van der Waals surface area contributed by atoms with Crippen molar-refractivity contribution in [3.63, 3.8) is 0 Å². The molecule has 5 heteroatoms. The number of aromatic nitrogens is 2. The molecule has 0 bridgehead atoms. The van der Waals surface area contributed by atoms with Crippen molar-refractivity contribution in [3.05, 3.63) is 134 Å². The number of anilines is 3. The van der Waals surface area contributed by atoms with Crippen molar-refractivity contribution in [1.29, 1.82) is 0 Å². The first kappa shape index (κ1) is 23.1. The maximum atomic E-state index is 10.4. The second-order valence-electron chi connectivity index (χ2n) is 9.26. The molecule has 0 amide bonds. The molecule has 2 heterocycles. The van der Waals surface area contributed by atoms with Gasteiger partial charge in [0.25, 0.3) is 0 Å². The molecule has 2 aromatic heterocycles. The Kier molecular flexibility index (Phi) is 5.76. The molecular formula is C34H23N3OS. The smallest absolute Gasteiger partial charge is 0.137 e. The van der Waals surface area contributed by atoms with Crippen molar-refractivity contribution < 1.29 is 5.11 Å². The number of benzene rings is 5. The van der Waals surface area contributed by atoms with Gasteiger partial charge in [-0.2, -0.15) is 0 Å². The van der Waals surface area contributed by atoms with Crippen LogP contribution in [0.3, 0.4) is 0 Å². The number of fused-ring (bicyclic) bond motifs is 2. The van der Waals surface area contributed by atoms with Crippen LogP contribution in [0.2, 0.25) is 0 Å². The Morgan fingerprint density at radius 2 is 1.44 bits per heavy atom. The molecule has 0 spiro atoms. The second kappa shape index (κ2) is 9.71. The van der Waals surface area contributed by atoms with Gasteiger partial charge in [-0.05, 0) is 59.5 Å². The summed E-state index contributed by atoms with van der Waals surface area (Å²) in [6, 6.07) is 42.9. The van der Waals surface area contributed by atoms with Crippen molar-refractivity contribution in [2.75, 3.05) is 4.90 Å². The molecule has 186 valence electrons. The molecule has 0 aliphatic rings. The Bertz CT molecular complexity index is 1940. The molecule has 0 atom stereocenters. The van der Waals surface area contributed by atoms with Crippen LogP contribution in [0.1, 0.15) is 0 Å². The minimum atomic E-state index is 0.237. The number of para-hydroxylation sites is 2. The molecule has 7 rings (SSSR count). The third kappa shape index (κ3) is 4.19. The van der Waals surface area contributed by atoms with E-state index in [1.165, 1.54) is 5.39 Å². The van der Waals surface area contributed by atoms with Gasteiger partial charge in [-0.25, -0.2) is 9.97 Å². The molecule has 0 radical (unpaired) electrons. The van der Waals surface area contributed by atoms with Gasteiger partial charge in [-0.15, -0.1) is 11.3 Å². The molecule has 39 heavy (non-hydrogen) atoms. The predicted molar refractivity (Wildman–Crippen MR) is 162 cm³/mol. The van der Waals surface area contributed by atoms with E-state index < -0.39 is 0 Å². The Morgan fingerprint density at radius 1 is 0.667 bits per heavy atom. The summed E-state index contributed by atoms with van der Waals surface area (Å²) in [6.45, 7) is 0. The van der Waals surface area contributed by atoms with Crippen molar-refractivity contribution in [2.45, 2.75) is 0 Å². The number of phenols is 1. The Morgan fingerprint density at radius 3 is 2.33 bits per heavy atom. The molecular weight excluding hydrogens is 498 g/mol. The van der Waals surface area contributed by atoms with Crippen molar-refractivity contribution in [1.82, 2.24) is 9.97 Å². The maximum Gasteiger partial charge on any atom is 0.137 e. The molecule has 0 saturated heterocycles. The van der Waals surface area contributed by atoms with Crippen LogP contribution in [-0.4, -0.2) is 15.1 Å². The van der Waals surface area contributed by atoms with Crippen LogP contribution in [0.4, 0.5) is 17.2 Å². The van der Waals surface area contributed by atoms with E-state index in [-0.39, 0.29) is 5.75 Å². The average molecular weight is 522 g/mol. The SMILES string of the molecule is Oc1ccccc1-c1nc2c(-c3cccc(N(c4ccccn4)c4cccc5ccccc45)c3)cccc2s1. The number of hydrogen-bond acceptors (Lipinski definition) is 5. The standard InChI is InChI=1S/C34H23N3OS/c38-30-18-4-3-15-28(30)34-36-33-27(16-9-19-31(33)39-34)24-12-7-13-25(22-24)37(32-20-5-6-21-35-32)29-17-8-11-23-10-1-2-14-26(23)29/h1-22,38H. The lowest BCUT2D eigenvalue weighted by Crippen LogP contribution is -2.11. The van der Waals surface area contributed by atoms with Crippen LogP contribution < -0.4 is 4.90 Å². The number of aromatic hydroxyl groups is 1. The van der Waals surface area contributed by atoms with Gasteiger partial charge in [0.2, 0.25) is 0 Å². The van der Waals surface area contributed by atoms with E-state index in [0.717, 1.165) is 54.5 Å². The van der Waals surface area contributed by atoms with E-state index in [1.807, 2.05) is 42.6 Å². The molecule has 1 N–H and O–H groups in total. The fourth-order valence-corrected chi connectivity index (χ4v) is 6.07. The maximum absolute atomic E-state index is 10.4. The summed E-state index contributed by atoms with van der Waals surface area (Å²) in [5.41, 5.74) is 5.86. The summed E-state index contributed by atoms with van der Waals surface area (Å²) >= 11 is 1.59. The van der Waals surface area contributed by atoms with Crippen LogP contribution in [0.15, 0.2) is 134 Å². The number of thiazole rings is 1. The number of rotatable bonds is 5. The summed E-state index contributed by atoms with van der Waals surface area (Å²) in [5.74, 6) is 1.08. The van der Waals surface area contributed by atoms with Gasteiger partial charge in [0, 0.05) is 22.8 Å². The minimum absolute atomic E-state index is 0.237. The first-order valence-electron chi connectivity index (χ1n) is 12.7. The summed E-state index contributed by atoms with van der Waals surface area (Å²) < 4.78 is 1.08. The summed E-state index contributed by atoms with van der Waals surface area (Å²) in [7, 11) is 0. The van der Waals surface area contributed by atoms with Gasteiger partial charge in [0.05, 0.1) is 21.5 Å². The third-order valence-corrected chi connectivity index (χ3v) is 7.91. The van der Waals surface area contributed by atoms with Crippen molar-refractivity contribution in [3.8, 4) is 27.4 Å². The lowest BCUT2D eigenvalue weighted by molar-refractivity contribution is 0.477. The zero-order valence-electron chi connectivity index (χ0n) is 20.9. The topological polar surface area (TPSA) is 49.3 Å². The van der Waals surface area contributed by atoms with E-state index >= 15 is 0 Å². The van der Waals surface area contributed by atoms with Crippen LogP contribution in [0.25, 0.3) is 42.7 Å². The minimum Gasteiger partial charge on any atom is -0.507 e. The summed E-state index contributed by atoms with van der Waals surface area (Å²) in [6.07, 6.45) is 1.83. The molecule has 4 nitrogen and oxygen atoms in total. The zero-order valence-corrected chi connectivity index (χ0v) is 21.7. The first-order chi connectivity index (χ1) is 19.3. The van der Waals surface area contributed by atoms with Gasteiger partial charge in [-0.3, -0.25) is 4.90 Å². The van der Waals surface area contributed by atoms with E-state index in [1.54, 1.807) is 17.4 Å². The predicted octanol–water partition coefficient (Wildman–Crippen LogP) is 9.35. The number of nitrogens with zero attached hydrogens (tertiary/aromatic N) is 3. The highest BCUT2D eigenvalue weighted by Gasteiger charge is 2.18. The van der Waals surface area contributed by atoms with Gasteiger partial charge in [0.1, 0.15) is 16.6 Å². The van der Waals surface area contributed by atoms with Crippen LogP contribution in [-0.2, 0) is 0 Å². The Labute approximate surface area is 230 Å². The van der Waals surface area contributed by atoms with E-state index in [4.69, 9.17) is 9.97 Å². The normalized spacial score (nSPS) is 11.2. The highest BCUT2D eigenvalue weighted by atomic mass is 32.1. The molecule has 0 aliphatic carbocycles. The molecule has 0 aliphatic heterocycles. The third-order valence-electron chi connectivity index (χ3n) is 6.85. The lowest BCUT2D eigenvalue weighted by Gasteiger charge is -2.26. The summed E-state index contributed by atoms with van der Waals surface area (Å²) in [4.78, 5) is 11.9. The number of pyridine rings is 1. The van der Waals surface area contributed by atoms with E-state index in [9.17, 15) is 5.11 Å². The zero-order chi connectivity index (χ0) is 26.2. The quantitative estimate of drug-likeness (QED) is 0.245. The molecule has 7 aromatic rings. The molecule has 0 unspecified atom stereocenters. The second-order valence-corrected chi connectivity index (χ2v) is 10.3. The highest BCUT2D eigenvalue weighted by molar-refractivity contribution is 7.21. The monoisotopic (exact) mass is 521 g/mol. The molecule has 0 fully saturated rings. The molecule has 0 saturated carbocycles. The fraction of sp³-hybridized carbons (Fsp3) is 0. The number of phenolic OH excluding ortho intramolecular Hbond substituents is 1. The first-order valence-corrected chi connectivity index (χ1v) is 13.6. The fourth-order valence-electron chi connectivity index (χ4n) is 5.05. The van der Waals surface area contributed by atoms with E-state index in [2.05, 4.69) is 89.8 Å². The lowest BCUT2D eigenvalue weighted by atomic mass is 10.0. The van der Waals surface area contributed by atoms with Gasteiger partial charge in [-0.1, -0.05) is 78.9 Å². The van der Waals surface area contributed by atoms with Crippen LogP contribution >= 0.6 is 11.3 Å². The van der Waals surface area contributed by atoms with Crippen LogP contribution in [0.5, 0.6) is 5.75 Å². The van der Waals surface area contributed by atoms with Crippen LogP contribution in [0, 0.1) is 0 Å². The largest absolute Gasteiger partial charge is 0.507 e. The van der Waals surface area contributed by atoms with Gasteiger partial charge < -0.3 is 5.11 Å². The summed E-state index contributed by atoms with van der Waals surface area (Å²) in [5, 5.41) is 13.6. The highest BCUT2D eigenvalue weighted by Crippen LogP contribution is 2.42. The Hall–Kier alpha value is -5.00. The van der Waals surface area contributed by atoms with Gasteiger partial charge in [0.15, 0.2) is 0 Å². The average Bonchev–Trinajstić information content (AvgIpc) is 3.43. The van der Waals surface area contributed by atoms with Crippen molar-refractivity contribution >= 4 is 49.5 Å². The Balaban J connectivity index is 1.40. The van der Waals surface area contributed by atoms with E-state index in [0.29, 0.717) is 0 Å². The van der Waals surface area contributed by atoms with Gasteiger partial charge >= 0.3 is 0 Å².